The molecule has 0 rings (SSSR count). The van der Waals surface area contributed by atoms with Crippen molar-refractivity contribution in [2.24, 2.45) is 5.73 Å². The molecule has 0 aromatic rings. The molecule has 0 aromatic carbocycles. The van der Waals surface area contributed by atoms with Crippen molar-refractivity contribution < 1.29 is 22.1 Å². The topological polar surface area (TPSA) is 46.2 Å². The van der Waals surface area contributed by atoms with E-state index in [-0.39, 0.29) is 29.1 Å². The molecular formula is C6H15BrNO-. The predicted molar refractivity (Wildman–Crippen MR) is 34.6 cm³/mol. The summed E-state index contributed by atoms with van der Waals surface area (Å²) < 4.78 is 0. The van der Waals surface area contributed by atoms with Crippen LogP contribution in [0.3, 0.4) is 0 Å². The first-order valence-corrected chi connectivity index (χ1v) is 3.08. The van der Waals surface area contributed by atoms with Crippen LogP contribution < -0.4 is 22.7 Å². The molecule has 3 N–H and O–H groups in total. The standard InChI is InChI=1S/C6H15NO.BrH/c1-3-6(7,4-2)5-8;/h8H,3-5,7H2,1-2H3;1H/p-1. The van der Waals surface area contributed by atoms with Gasteiger partial charge in [0.2, 0.25) is 0 Å². The zero-order chi connectivity index (χ0) is 6.62. The number of hydrogen-bond donors (Lipinski definition) is 2. The summed E-state index contributed by atoms with van der Waals surface area (Å²) in [4.78, 5) is 0. The van der Waals surface area contributed by atoms with Crippen molar-refractivity contribution in [3.8, 4) is 0 Å². The minimum absolute atomic E-state index is 0. The lowest BCUT2D eigenvalue weighted by Crippen LogP contribution is -3.00. The molecule has 0 radical (unpaired) electrons. The van der Waals surface area contributed by atoms with Gasteiger partial charge in [0.1, 0.15) is 0 Å². The van der Waals surface area contributed by atoms with Crippen molar-refractivity contribution in [3.63, 3.8) is 0 Å². The average molecular weight is 197 g/mol. The van der Waals surface area contributed by atoms with Crippen LogP contribution in [0.1, 0.15) is 26.7 Å². The van der Waals surface area contributed by atoms with E-state index in [1.807, 2.05) is 13.8 Å². The van der Waals surface area contributed by atoms with E-state index in [9.17, 15) is 0 Å². The zero-order valence-electron chi connectivity index (χ0n) is 6.02. The molecule has 0 amide bonds. The first kappa shape index (κ1) is 12.1. The molecule has 2 nitrogen and oxygen atoms in total. The summed E-state index contributed by atoms with van der Waals surface area (Å²) >= 11 is 0. The molecule has 0 saturated carbocycles. The predicted octanol–water partition coefficient (Wildman–Crippen LogP) is -2.50. The largest absolute Gasteiger partial charge is 1.00 e. The Morgan fingerprint density at radius 1 is 1.33 bits per heavy atom. The molecule has 0 aliphatic carbocycles. The van der Waals surface area contributed by atoms with Crippen LogP contribution in [-0.4, -0.2) is 17.3 Å². The normalized spacial score (nSPS) is 10.7. The van der Waals surface area contributed by atoms with Gasteiger partial charge in [0.05, 0.1) is 6.61 Å². The Morgan fingerprint density at radius 2 is 1.67 bits per heavy atom. The van der Waals surface area contributed by atoms with Crippen LogP contribution in [0.2, 0.25) is 0 Å². The Morgan fingerprint density at radius 3 is 1.67 bits per heavy atom. The van der Waals surface area contributed by atoms with E-state index in [2.05, 4.69) is 0 Å². The van der Waals surface area contributed by atoms with Gasteiger partial charge in [0.25, 0.3) is 0 Å². The van der Waals surface area contributed by atoms with Crippen LogP contribution in [-0.2, 0) is 0 Å². The quantitative estimate of drug-likeness (QED) is 0.525. The molecule has 0 atom stereocenters. The maximum Gasteiger partial charge on any atom is 0.0610 e. The number of aliphatic hydroxyl groups excluding tert-OH is 1. The summed E-state index contributed by atoms with van der Waals surface area (Å²) in [6, 6.07) is 0. The van der Waals surface area contributed by atoms with Gasteiger partial charge in [-0.3, -0.25) is 0 Å². The lowest BCUT2D eigenvalue weighted by atomic mass is 9.96. The molecule has 0 heterocycles. The number of rotatable bonds is 3. The summed E-state index contributed by atoms with van der Waals surface area (Å²) in [6.07, 6.45) is 1.69. The first-order chi connectivity index (χ1) is 3.68. The van der Waals surface area contributed by atoms with Gasteiger partial charge in [-0.05, 0) is 12.8 Å². The maximum absolute atomic E-state index is 8.66. The molecule has 0 aliphatic heterocycles. The average Bonchev–Trinajstić information content (AvgIpc) is 1.87. The van der Waals surface area contributed by atoms with Crippen molar-refractivity contribution in [1.29, 1.82) is 0 Å². The van der Waals surface area contributed by atoms with Gasteiger partial charge in [-0.2, -0.15) is 0 Å². The monoisotopic (exact) mass is 196 g/mol. The van der Waals surface area contributed by atoms with Gasteiger partial charge in [-0.1, -0.05) is 13.8 Å². The molecule has 0 bridgehead atoms. The zero-order valence-corrected chi connectivity index (χ0v) is 7.61. The van der Waals surface area contributed by atoms with Crippen LogP contribution in [0.5, 0.6) is 0 Å². The molecule has 0 spiro atoms. The summed E-state index contributed by atoms with van der Waals surface area (Å²) in [5.41, 5.74) is 5.33. The SMILES string of the molecule is CCC(N)(CC)CO.[Br-]. The van der Waals surface area contributed by atoms with Crippen molar-refractivity contribution in [2.45, 2.75) is 32.2 Å². The summed E-state index contributed by atoms with van der Waals surface area (Å²) in [5.74, 6) is 0. The van der Waals surface area contributed by atoms with E-state index >= 15 is 0 Å². The van der Waals surface area contributed by atoms with Gasteiger partial charge in [-0.25, -0.2) is 0 Å². The molecule has 9 heavy (non-hydrogen) atoms. The fourth-order valence-electron chi connectivity index (χ4n) is 0.474. The molecule has 0 aromatic heterocycles. The van der Waals surface area contributed by atoms with E-state index in [4.69, 9.17) is 10.8 Å². The number of halogens is 1. The minimum Gasteiger partial charge on any atom is -1.00 e. The van der Waals surface area contributed by atoms with Gasteiger partial charge in [-0.15, -0.1) is 0 Å². The Balaban J connectivity index is 0. The van der Waals surface area contributed by atoms with E-state index in [1.54, 1.807) is 0 Å². The van der Waals surface area contributed by atoms with Crippen molar-refractivity contribution >= 4 is 0 Å². The van der Waals surface area contributed by atoms with E-state index in [0.29, 0.717) is 0 Å². The van der Waals surface area contributed by atoms with Crippen LogP contribution in [0.25, 0.3) is 0 Å². The second-order valence-corrected chi connectivity index (χ2v) is 2.23. The second kappa shape index (κ2) is 5.21. The summed E-state index contributed by atoms with van der Waals surface area (Å²) in [7, 11) is 0. The molecule has 0 fully saturated rings. The van der Waals surface area contributed by atoms with E-state index in [0.717, 1.165) is 12.8 Å². The van der Waals surface area contributed by atoms with Gasteiger partial charge in [0, 0.05) is 5.54 Å². The highest BCUT2D eigenvalue weighted by Gasteiger charge is 2.17. The third-order valence-electron chi connectivity index (χ3n) is 1.72. The molecule has 58 valence electrons. The molecule has 0 saturated heterocycles. The Labute approximate surface area is 67.2 Å². The van der Waals surface area contributed by atoms with Gasteiger partial charge in [0.15, 0.2) is 0 Å². The summed E-state index contributed by atoms with van der Waals surface area (Å²) in [5, 5.41) is 8.66. The van der Waals surface area contributed by atoms with Crippen molar-refractivity contribution in [1.82, 2.24) is 0 Å². The van der Waals surface area contributed by atoms with Crippen molar-refractivity contribution in [2.75, 3.05) is 6.61 Å². The van der Waals surface area contributed by atoms with Crippen molar-refractivity contribution in [3.05, 3.63) is 0 Å². The highest BCUT2D eigenvalue weighted by atomic mass is 79.9. The Bertz CT molecular complexity index is 55.8. The molecule has 0 unspecified atom stereocenters. The van der Waals surface area contributed by atoms with Crippen LogP contribution in [0.15, 0.2) is 0 Å². The smallest absolute Gasteiger partial charge is 0.0610 e. The van der Waals surface area contributed by atoms with E-state index in [1.165, 1.54) is 0 Å². The fourth-order valence-corrected chi connectivity index (χ4v) is 0.474. The molecular weight excluding hydrogens is 182 g/mol. The van der Waals surface area contributed by atoms with E-state index < -0.39 is 0 Å². The van der Waals surface area contributed by atoms with Crippen LogP contribution >= 0.6 is 0 Å². The highest BCUT2D eigenvalue weighted by Crippen LogP contribution is 2.08. The minimum atomic E-state index is -0.319. The van der Waals surface area contributed by atoms with Crippen LogP contribution in [0.4, 0.5) is 0 Å². The first-order valence-electron chi connectivity index (χ1n) is 3.08. The second-order valence-electron chi connectivity index (χ2n) is 2.23. The maximum atomic E-state index is 8.66. The Kier molecular flexibility index (Phi) is 7.01. The molecule has 3 heteroatoms. The number of nitrogens with two attached hydrogens (primary N) is 1. The van der Waals surface area contributed by atoms with Gasteiger partial charge >= 0.3 is 0 Å². The van der Waals surface area contributed by atoms with Gasteiger partial charge < -0.3 is 27.8 Å². The third-order valence-corrected chi connectivity index (χ3v) is 1.72. The fraction of sp³-hybridized carbons (Fsp3) is 1.00. The number of hydrogen-bond acceptors (Lipinski definition) is 2. The number of aliphatic hydroxyl groups is 1. The lowest BCUT2D eigenvalue weighted by Gasteiger charge is -2.22. The lowest BCUT2D eigenvalue weighted by molar-refractivity contribution is -0.00000284. The molecule has 0 aliphatic rings. The van der Waals surface area contributed by atoms with Crippen LogP contribution in [0, 0.1) is 0 Å². The third kappa shape index (κ3) is 3.89. The summed E-state index contributed by atoms with van der Waals surface area (Å²) in [6.45, 7) is 4.07. The Hall–Kier alpha value is 0.400. The highest BCUT2D eigenvalue weighted by molar-refractivity contribution is 4.78.